The van der Waals surface area contributed by atoms with Crippen LogP contribution in [-0.4, -0.2) is 35.1 Å². The molecule has 0 spiro atoms. The maximum atomic E-state index is 12.2. The van der Waals surface area contributed by atoms with Gasteiger partial charge in [-0.25, -0.2) is 5.06 Å². The zero-order valence-electron chi connectivity index (χ0n) is 11.3. The number of hydroxylamine groups is 2. The summed E-state index contributed by atoms with van der Waals surface area (Å²) in [4.78, 5) is 20.8. The van der Waals surface area contributed by atoms with Gasteiger partial charge in [-0.3, -0.25) is 9.63 Å². The van der Waals surface area contributed by atoms with Crippen LogP contribution >= 0.6 is 0 Å². The number of para-hydroxylation sites is 1. The van der Waals surface area contributed by atoms with E-state index >= 15 is 0 Å². The predicted octanol–water partition coefficient (Wildman–Crippen LogP) is 1.59. The van der Waals surface area contributed by atoms with Crippen LogP contribution in [0.3, 0.4) is 0 Å². The fraction of sp³-hybridized carbons (Fsp3) is 0.400. The lowest BCUT2D eigenvalue weighted by atomic mass is 10.0. The van der Waals surface area contributed by atoms with E-state index in [1.165, 1.54) is 5.06 Å². The van der Waals surface area contributed by atoms with Crippen molar-refractivity contribution in [3.05, 3.63) is 36.0 Å². The van der Waals surface area contributed by atoms with Crippen molar-refractivity contribution < 1.29 is 9.63 Å². The first-order valence-corrected chi connectivity index (χ1v) is 7.00. The Bertz CT molecular complexity index is 602. The van der Waals surface area contributed by atoms with Gasteiger partial charge in [0, 0.05) is 23.6 Å². The second kappa shape index (κ2) is 5.64. The summed E-state index contributed by atoms with van der Waals surface area (Å²) in [5.41, 5.74) is 8.18. The molecular weight excluding hydrogens is 254 g/mol. The van der Waals surface area contributed by atoms with E-state index in [9.17, 15) is 4.79 Å². The van der Waals surface area contributed by atoms with Crippen LogP contribution in [0.5, 0.6) is 0 Å². The molecule has 1 aliphatic rings. The summed E-state index contributed by atoms with van der Waals surface area (Å²) in [6.45, 7) is 1.24. The summed E-state index contributed by atoms with van der Waals surface area (Å²) in [6.07, 6.45) is 4.42. The minimum atomic E-state index is -0.563. The van der Waals surface area contributed by atoms with Gasteiger partial charge in [-0.2, -0.15) is 0 Å². The van der Waals surface area contributed by atoms with Gasteiger partial charge < -0.3 is 10.7 Å². The number of amides is 1. The molecule has 1 atom stereocenters. The minimum absolute atomic E-state index is 0.130. The Kier molecular flexibility index (Phi) is 3.71. The third-order valence-electron chi connectivity index (χ3n) is 3.68. The van der Waals surface area contributed by atoms with Crippen molar-refractivity contribution in [3.8, 4) is 0 Å². The second-order valence-corrected chi connectivity index (χ2v) is 5.15. The molecule has 1 amide bonds. The lowest BCUT2D eigenvalue weighted by Crippen LogP contribution is -2.46. The number of nitrogens with zero attached hydrogens (tertiary/aromatic N) is 1. The van der Waals surface area contributed by atoms with Gasteiger partial charge in [0.2, 0.25) is 0 Å². The molecule has 2 aromatic rings. The number of nitrogens with one attached hydrogen (secondary N) is 1. The highest BCUT2D eigenvalue weighted by atomic mass is 16.7. The molecule has 2 heterocycles. The number of aromatic nitrogens is 1. The Morgan fingerprint density at radius 3 is 3.05 bits per heavy atom. The molecule has 0 unspecified atom stereocenters. The number of aromatic amines is 1. The zero-order valence-corrected chi connectivity index (χ0v) is 11.3. The Morgan fingerprint density at radius 1 is 1.40 bits per heavy atom. The molecule has 1 aromatic heterocycles. The first-order chi connectivity index (χ1) is 9.75. The van der Waals surface area contributed by atoms with Crippen molar-refractivity contribution in [1.82, 2.24) is 10.0 Å². The summed E-state index contributed by atoms with van der Waals surface area (Å²) in [5, 5.41) is 2.54. The van der Waals surface area contributed by atoms with Gasteiger partial charge >= 0.3 is 0 Å². The van der Waals surface area contributed by atoms with E-state index in [1.807, 2.05) is 30.5 Å². The average molecular weight is 273 g/mol. The van der Waals surface area contributed by atoms with Crippen LogP contribution in [0.4, 0.5) is 0 Å². The van der Waals surface area contributed by atoms with Crippen LogP contribution in [0.25, 0.3) is 10.9 Å². The highest BCUT2D eigenvalue weighted by Gasteiger charge is 2.24. The van der Waals surface area contributed by atoms with Crippen LogP contribution in [-0.2, 0) is 16.1 Å². The van der Waals surface area contributed by atoms with E-state index in [4.69, 9.17) is 10.6 Å². The molecule has 3 rings (SSSR count). The predicted molar refractivity (Wildman–Crippen MR) is 76.9 cm³/mol. The molecule has 5 nitrogen and oxygen atoms in total. The molecule has 1 fully saturated rings. The van der Waals surface area contributed by atoms with Crippen molar-refractivity contribution in [2.45, 2.75) is 25.3 Å². The smallest absolute Gasteiger partial charge is 0.263 e. The minimum Gasteiger partial charge on any atom is -0.361 e. The number of rotatable bonds is 3. The van der Waals surface area contributed by atoms with Gasteiger partial charge in [0.25, 0.3) is 5.91 Å². The Morgan fingerprint density at radius 2 is 2.25 bits per heavy atom. The lowest BCUT2D eigenvalue weighted by Gasteiger charge is -2.28. The van der Waals surface area contributed by atoms with Crippen molar-refractivity contribution in [2.75, 3.05) is 13.2 Å². The topological polar surface area (TPSA) is 71.4 Å². The maximum Gasteiger partial charge on any atom is 0.263 e. The highest BCUT2D eigenvalue weighted by Crippen LogP contribution is 2.19. The number of carbonyl (C=O) groups excluding carboxylic acids is 1. The summed E-state index contributed by atoms with van der Waals surface area (Å²) in [5.74, 6) is -0.130. The summed E-state index contributed by atoms with van der Waals surface area (Å²) >= 11 is 0. The quantitative estimate of drug-likeness (QED) is 0.892. The van der Waals surface area contributed by atoms with E-state index in [1.54, 1.807) is 0 Å². The molecule has 1 aliphatic heterocycles. The van der Waals surface area contributed by atoms with Crippen LogP contribution in [0.15, 0.2) is 30.5 Å². The van der Waals surface area contributed by atoms with E-state index in [2.05, 4.69) is 4.98 Å². The van der Waals surface area contributed by atoms with Crippen LogP contribution in [0.2, 0.25) is 0 Å². The van der Waals surface area contributed by atoms with Crippen LogP contribution in [0, 0.1) is 0 Å². The zero-order chi connectivity index (χ0) is 13.9. The third kappa shape index (κ3) is 2.55. The van der Waals surface area contributed by atoms with Crippen molar-refractivity contribution in [1.29, 1.82) is 0 Å². The van der Waals surface area contributed by atoms with E-state index in [0.717, 1.165) is 29.3 Å². The molecule has 3 N–H and O–H groups in total. The normalized spacial score (nSPS) is 17.4. The van der Waals surface area contributed by atoms with Crippen LogP contribution in [0.1, 0.15) is 18.4 Å². The molecule has 106 valence electrons. The number of hydrogen-bond acceptors (Lipinski definition) is 3. The first kappa shape index (κ1) is 13.1. The van der Waals surface area contributed by atoms with E-state index < -0.39 is 6.04 Å². The fourth-order valence-electron chi connectivity index (χ4n) is 2.58. The number of H-pyrrole nitrogens is 1. The molecule has 0 bridgehead atoms. The number of fused-ring (bicyclic) bond motifs is 1. The molecular formula is C15H19N3O2. The monoisotopic (exact) mass is 273 g/mol. The molecule has 20 heavy (non-hydrogen) atoms. The number of hydrogen-bond donors (Lipinski definition) is 2. The van der Waals surface area contributed by atoms with Crippen molar-refractivity contribution in [2.24, 2.45) is 5.73 Å². The lowest BCUT2D eigenvalue weighted by molar-refractivity contribution is -0.198. The molecule has 1 saturated heterocycles. The van der Waals surface area contributed by atoms with Gasteiger partial charge in [-0.15, -0.1) is 0 Å². The number of nitrogens with two attached hydrogens (primary N) is 1. The van der Waals surface area contributed by atoms with Crippen LogP contribution < -0.4 is 5.73 Å². The molecule has 1 aromatic carbocycles. The Labute approximate surface area is 117 Å². The standard InChI is InChI=1S/C15H19N3O2/c16-13(15(19)18-7-3-4-8-20-18)9-11-10-17-14-6-2-1-5-12(11)14/h1-2,5-6,10,13,17H,3-4,7-9,16H2/t13-/m1/s1. The number of benzene rings is 1. The SMILES string of the molecule is N[C@H](Cc1c[nH]c2ccccc12)C(=O)N1CCCCO1. The second-order valence-electron chi connectivity index (χ2n) is 5.15. The summed E-state index contributed by atoms with van der Waals surface area (Å²) in [6, 6.07) is 7.46. The summed E-state index contributed by atoms with van der Waals surface area (Å²) < 4.78 is 0. The Balaban J connectivity index is 1.71. The van der Waals surface area contributed by atoms with Gasteiger partial charge in [0.1, 0.15) is 0 Å². The van der Waals surface area contributed by atoms with E-state index in [-0.39, 0.29) is 5.91 Å². The van der Waals surface area contributed by atoms with E-state index in [0.29, 0.717) is 19.6 Å². The Hall–Kier alpha value is -1.85. The summed E-state index contributed by atoms with van der Waals surface area (Å²) in [7, 11) is 0. The molecule has 5 heteroatoms. The van der Waals surface area contributed by atoms with Gasteiger partial charge in [-0.05, 0) is 30.9 Å². The first-order valence-electron chi connectivity index (χ1n) is 7.00. The van der Waals surface area contributed by atoms with Gasteiger partial charge in [0.15, 0.2) is 0 Å². The van der Waals surface area contributed by atoms with Crippen molar-refractivity contribution >= 4 is 16.8 Å². The fourth-order valence-corrected chi connectivity index (χ4v) is 2.58. The molecule has 0 radical (unpaired) electrons. The molecule has 0 saturated carbocycles. The third-order valence-corrected chi connectivity index (χ3v) is 3.68. The van der Waals surface area contributed by atoms with Gasteiger partial charge in [0.05, 0.1) is 12.6 Å². The van der Waals surface area contributed by atoms with Crippen molar-refractivity contribution in [3.63, 3.8) is 0 Å². The van der Waals surface area contributed by atoms with Gasteiger partial charge in [-0.1, -0.05) is 18.2 Å². The number of carbonyl (C=O) groups is 1. The largest absolute Gasteiger partial charge is 0.361 e. The maximum absolute atomic E-state index is 12.2. The average Bonchev–Trinajstić information content (AvgIpc) is 2.91. The highest BCUT2D eigenvalue weighted by molar-refractivity contribution is 5.85. The molecule has 0 aliphatic carbocycles.